The first-order valence-electron chi connectivity index (χ1n) is 9.19. The minimum Gasteiger partial charge on any atom is -0.492 e. The van der Waals surface area contributed by atoms with Gasteiger partial charge in [0, 0.05) is 18.7 Å². The summed E-state index contributed by atoms with van der Waals surface area (Å²) in [7, 11) is 0. The highest BCUT2D eigenvalue weighted by molar-refractivity contribution is 5.88. The molecule has 5 heteroatoms. The van der Waals surface area contributed by atoms with E-state index in [1.54, 1.807) is 0 Å². The Hall–Kier alpha value is -2.58. The number of carbonyl (C=O) groups excluding carboxylic acids is 1. The summed E-state index contributed by atoms with van der Waals surface area (Å²) in [5, 5.41) is 13.7. The number of nitriles is 1. The molecule has 0 saturated carbocycles. The first-order valence-corrected chi connectivity index (χ1v) is 9.19. The van der Waals surface area contributed by atoms with Crippen LogP contribution in [0, 0.1) is 11.3 Å². The van der Waals surface area contributed by atoms with E-state index in [2.05, 4.69) is 42.3 Å². The molecule has 0 fully saturated rings. The summed E-state index contributed by atoms with van der Waals surface area (Å²) in [4.78, 5) is 13.8. The Balaban J connectivity index is 2.12. The van der Waals surface area contributed by atoms with Gasteiger partial charge in [-0.2, -0.15) is 5.26 Å². The monoisotopic (exact) mass is 353 g/mol. The summed E-state index contributed by atoms with van der Waals surface area (Å²) < 4.78 is 6.08. The maximum Gasteiger partial charge on any atom is 0.234 e. The van der Waals surface area contributed by atoms with Gasteiger partial charge in [0.25, 0.3) is 0 Å². The second-order valence-electron chi connectivity index (χ2n) is 6.07. The summed E-state index contributed by atoms with van der Waals surface area (Å²) in [6.45, 7) is 8.32. The van der Waals surface area contributed by atoms with Crippen LogP contribution < -0.4 is 10.1 Å². The predicted octanol–water partition coefficient (Wildman–Crippen LogP) is 3.13. The molecule has 0 spiro atoms. The lowest BCUT2D eigenvalue weighted by atomic mass is 10.0. The van der Waals surface area contributed by atoms with Crippen molar-refractivity contribution < 1.29 is 9.53 Å². The Morgan fingerprint density at radius 2 is 1.96 bits per heavy atom. The molecule has 0 aliphatic carbocycles. The SMILES string of the molecule is CCN(CC)CCOc1ccc2ccccc2c1CCNC(=O)CC#N. The maximum atomic E-state index is 11.5. The number of ether oxygens (including phenoxy) is 1. The zero-order chi connectivity index (χ0) is 18.8. The lowest BCUT2D eigenvalue weighted by molar-refractivity contribution is -0.120. The molecule has 0 unspecified atom stereocenters. The summed E-state index contributed by atoms with van der Waals surface area (Å²) >= 11 is 0. The van der Waals surface area contributed by atoms with E-state index in [-0.39, 0.29) is 12.3 Å². The van der Waals surface area contributed by atoms with E-state index in [1.807, 2.05) is 24.3 Å². The Morgan fingerprint density at radius 3 is 2.69 bits per heavy atom. The van der Waals surface area contributed by atoms with Gasteiger partial charge >= 0.3 is 0 Å². The van der Waals surface area contributed by atoms with Crippen molar-refractivity contribution in [2.24, 2.45) is 0 Å². The Kier molecular flexibility index (Phi) is 7.91. The number of rotatable bonds is 10. The average molecular weight is 353 g/mol. The highest BCUT2D eigenvalue weighted by Gasteiger charge is 2.10. The number of nitrogens with zero attached hydrogens (tertiary/aromatic N) is 2. The molecular formula is C21H27N3O2. The van der Waals surface area contributed by atoms with Gasteiger partial charge in [0.2, 0.25) is 5.91 Å². The van der Waals surface area contributed by atoms with Gasteiger partial charge < -0.3 is 15.0 Å². The van der Waals surface area contributed by atoms with Crippen molar-refractivity contribution in [1.29, 1.82) is 5.26 Å². The van der Waals surface area contributed by atoms with Crippen molar-refractivity contribution in [3.8, 4) is 11.8 Å². The van der Waals surface area contributed by atoms with Crippen LogP contribution in [-0.2, 0) is 11.2 Å². The van der Waals surface area contributed by atoms with Crippen molar-refractivity contribution >= 4 is 16.7 Å². The normalized spacial score (nSPS) is 10.7. The summed E-state index contributed by atoms with van der Waals surface area (Å²) in [6.07, 6.45) is 0.557. The van der Waals surface area contributed by atoms with E-state index < -0.39 is 0 Å². The summed E-state index contributed by atoms with van der Waals surface area (Å²) in [6, 6.07) is 14.1. The second kappa shape index (κ2) is 10.4. The highest BCUT2D eigenvalue weighted by atomic mass is 16.5. The summed E-state index contributed by atoms with van der Waals surface area (Å²) in [5.74, 6) is 0.627. The molecule has 0 heterocycles. The zero-order valence-electron chi connectivity index (χ0n) is 15.6. The second-order valence-corrected chi connectivity index (χ2v) is 6.07. The van der Waals surface area contributed by atoms with Crippen LogP contribution in [0.1, 0.15) is 25.8 Å². The third-order valence-corrected chi connectivity index (χ3v) is 4.49. The van der Waals surface area contributed by atoms with Gasteiger partial charge in [0.1, 0.15) is 18.8 Å². The fourth-order valence-corrected chi connectivity index (χ4v) is 2.99. The molecule has 2 aromatic carbocycles. The molecule has 1 amide bonds. The Labute approximate surface area is 155 Å². The van der Waals surface area contributed by atoms with Crippen LogP contribution in [0.5, 0.6) is 5.75 Å². The fraction of sp³-hybridized carbons (Fsp3) is 0.429. The molecule has 2 rings (SSSR count). The van der Waals surface area contributed by atoms with Crippen LogP contribution in [0.2, 0.25) is 0 Å². The van der Waals surface area contributed by atoms with E-state index in [9.17, 15) is 4.79 Å². The molecule has 0 saturated heterocycles. The molecule has 0 bridgehead atoms. The molecule has 0 radical (unpaired) electrons. The van der Waals surface area contributed by atoms with Crippen LogP contribution in [0.25, 0.3) is 10.8 Å². The number of amides is 1. The minimum absolute atomic E-state index is 0.108. The first-order chi connectivity index (χ1) is 12.7. The standard InChI is InChI=1S/C21H27N3O2/c1-3-24(4-2)15-16-26-20-10-9-17-7-5-6-8-18(17)19(20)12-14-23-21(25)11-13-22/h5-10H,3-4,11-12,14-16H2,1-2H3,(H,23,25). The van der Waals surface area contributed by atoms with Gasteiger partial charge in [0.15, 0.2) is 0 Å². The lowest BCUT2D eigenvalue weighted by Gasteiger charge is -2.19. The van der Waals surface area contributed by atoms with Crippen LogP contribution >= 0.6 is 0 Å². The maximum absolute atomic E-state index is 11.5. The van der Waals surface area contributed by atoms with Crippen molar-refractivity contribution in [3.63, 3.8) is 0 Å². The van der Waals surface area contributed by atoms with Gasteiger partial charge in [-0.25, -0.2) is 0 Å². The van der Waals surface area contributed by atoms with Crippen LogP contribution in [0.3, 0.4) is 0 Å². The number of likely N-dealkylation sites (N-methyl/N-ethyl adjacent to an activating group) is 1. The predicted molar refractivity (Wildman–Crippen MR) is 104 cm³/mol. The van der Waals surface area contributed by atoms with Gasteiger partial charge in [-0.3, -0.25) is 4.79 Å². The Bertz CT molecular complexity index is 763. The van der Waals surface area contributed by atoms with Crippen LogP contribution in [0.15, 0.2) is 36.4 Å². The van der Waals surface area contributed by atoms with Crippen molar-refractivity contribution in [3.05, 3.63) is 42.0 Å². The largest absolute Gasteiger partial charge is 0.492 e. The minimum atomic E-state index is -0.239. The first kappa shape index (κ1) is 19.7. The third kappa shape index (κ3) is 5.47. The van der Waals surface area contributed by atoms with Gasteiger partial charge in [0.05, 0.1) is 6.07 Å². The number of carbonyl (C=O) groups is 1. The van der Waals surface area contributed by atoms with Gasteiger partial charge in [-0.1, -0.05) is 44.2 Å². The van der Waals surface area contributed by atoms with Crippen molar-refractivity contribution in [1.82, 2.24) is 10.2 Å². The van der Waals surface area contributed by atoms with E-state index in [1.165, 1.54) is 0 Å². The van der Waals surface area contributed by atoms with Gasteiger partial charge in [-0.15, -0.1) is 0 Å². The number of nitrogens with one attached hydrogen (secondary N) is 1. The van der Waals surface area contributed by atoms with E-state index in [0.717, 1.165) is 41.7 Å². The van der Waals surface area contributed by atoms with E-state index in [4.69, 9.17) is 10.00 Å². The average Bonchev–Trinajstić information content (AvgIpc) is 2.66. The molecule has 0 aromatic heterocycles. The molecule has 0 aliphatic rings. The number of hydrogen-bond donors (Lipinski definition) is 1. The van der Waals surface area contributed by atoms with E-state index >= 15 is 0 Å². The smallest absolute Gasteiger partial charge is 0.234 e. The molecule has 1 N–H and O–H groups in total. The molecule has 0 atom stereocenters. The number of benzene rings is 2. The lowest BCUT2D eigenvalue weighted by Crippen LogP contribution is -2.28. The third-order valence-electron chi connectivity index (χ3n) is 4.49. The molecule has 5 nitrogen and oxygen atoms in total. The van der Waals surface area contributed by atoms with Crippen LogP contribution in [-0.4, -0.2) is 43.6 Å². The Morgan fingerprint density at radius 1 is 1.19 bits per heavy atom. The van der Waals surface area contributed by atoms with Crippen molar-refractivity contribution in [2.45, 2.75) is 26.7 Å². The number of fused-ring (bicyclic) bond motifs is 1. The number of hydrogen-bond acceptors (Lipinski definition) is 4. The quantitative estimate of drug-likeness (QED) is 0.713. The fourth-order valence-electron chi connectivity index (χ4n) is 2.99. The van der Waals surface area contributed by atoms with Crippen LogP contribution in [0.4, 0.5) is 0 Å². The molecule has 26 heavy (non-hydrogen) atoms. The van der Waals surface area contributed by atoms with Gasteiger partial charge in [-0.05, 0) is 36.3 Å². The molecular weight excluding hydrogens is 326 g/mol. The zero-order valence-corrected chi connectivity index (χ0v) is 15.6. The molecule has 0 aliphatic heterocycles. The highest BCUT2D eigenvalue weighted by Crippen LogP contribution is 2.28. The van der Waals surface area contributed by atoms with Crippen molar-refractivity contribution in [2.75, 3.05) is 32.8 Å². The molecule has 138 valence electrons. The molecule has 2 aromatic rings. The summed E-state index contributed by atoms with van der Waals surface area (Å²) in [5.41, 5.74) is 1.10. The van der Waals surface area contributed by atoms with E-state index in [0.29, 0.717) is 19.6 Å². The topological polar surface area (TPSA) is 65.4 Å².